The van der Waals surface area contributed by atoms with E-state index in [1.54, 1.807) is 12.2 Å². The molecule has 0 aromatic heterocycles. The van der Waals surface area contributed by atoms with Gasteiger partial charge in [-0.25, -0.2) is 8.78 Å². The van der Waals surface area contributed by atoms with Gasteiger partial charge >= 0.3 is 0 Å². The first kappa shape index (κ1) is 23.0. The van der Waals surface area contributed by atoms with Crippen molar-refractivity contribution in [1.82, 2.24) is 0 Å². The van der Waals surface area contributed by atoms with Crippen LogP contribution in [0.4, 0.5) is 8.78 Å². The van der Waals surface area contributed by atoms with Gasteiger partial charge in [0.05, 0.1) is 0 Å². The third-order valence-electron chi connectivity index (χ3n) is 7.10. The normalized spacial score (nSPS) is 27.3. The summed E-state index contributed by atoms with van der Waals surface area (Å²) in [6.07, 6.45) is 25.9. The number of hydrogen-bond donors (Lipinski definition) is 0. The highest BCUT2D eigenvalue weighted by atomic mass is 19.1. The maximum atomic E-state index is 14.6. The lowest BCUT2D eigenvalue weighted by molar-refractivity contribution is 0.396. The van der Waals surface area contributed by atoms with E-state index in [-0.39, 0.29) is 23.5 Å². The van der Waals surface area contributed by atoms with Crippen molar-refractivity contribution in [1.29, 1.82) is 0 Å². The van der Waals surface area contributed by atoms with E-state index in [2.05, 4.69) is 50.3 Å². The predicted octanol–water partition coefficient (Wildman–Crippen LogP) is 9.10. The maximum absolute atomic E-state index is 14.6. The van der Waals surface area contributed by atoms with Crippen LogP contribution in [0.3, 0.4) is 0 Å². The van der Waals surface area contributed by atoms with Gasteiger partial charge in [0.2, 0.25) is 0 Å². The van der Waals surface area contributed by atoms with Crippen LogP contribution >= 0.6 is 0 Å². The molecule has 0 amide bonds. The Morgan fingerprint density at radius 2 is 1.83 bits per heavy atom. The Morgan fingerprint density at radius 3 is 2.53 bits per heavy atom. The Bertz CT molecular complexity index is 747. The summed E-state index contributed by atoms with van der Waals surface area (Å²) in [6.45, 7) is 4.46. The molecule has 30 heavy (non-hydrogen) atoms. The monoisotopic (exact) mass is 412 g/mol. The SMILES string of the molecule is CCC(C)CCC1=CCC(CCC2C=C(F)C(CCC3C=CC=CC3)=CC2)C(F)=C1. The highest BCUT2D eigenvalue weighted by Crippen LogP contribution is 2.35. The van der Waals surface area contributed by atoms with Gasteiger partial charge in [0, 0.05) is 5.92 Å². The van der Waals surface area contributed by atoms with Crippen LogP contribution in [-0.4, -0.2) is 0 Å². The summed E-state index contributed by atoms with van der Waals surface area (Å²) < 4.78 is 29.2. The van der Waals surface area contributed by atoms with Crippen LogP contribution in [0, 0.1) is 23.7 Å². The van der Waals surface area contributed by atoms with Gasteiger partial charge in [-0.05, 0) is 98.8 Å². The summed E-state index contributed by atoms with van der Waals surface area (Å²) in [5, 5.41) is 0. The van der Waals surface area contributed by atoms with Gasteiger partial charge in [-0.1, -0.05) is 56.7 Å². The first-order chi connectivity index (χ1) is 14.5. The molecule has 0 saturated carbocycles. The van der Waals surface area contributed by atoms with E-state index < -0.39 is 0 Å². The van der Waals surface area contributed by atoms with Gasteiger partial charge in [0.1, 0.15) is 11.7 Å². The lowest BCUT2D eigenvalue weighted by Crippen LogP contribution is -2.10. The zero-order valence-electron chi connectivity index (χ0n) is 18.8. The van der Waals surface area contributed by atoms with Gasteiger partial charge in [-0.2, -0.15) is 0 Å². The van der Waals surface area contributed by atoms with Crippen molar-refractivity contribution in [3.8, 4) is 0 Å². The topological polar surface area (TPSA) is 0 Å². The zero-order chi connectivity index (χ0) is 21.3. The maximum Gasteiger partial charge on any atom is 0.122 e. The molecule has 0 N–H and O–H groups in total. The van der Waals surface area contributed by atoms with Crippen LogP contribution in [0.15, 0.2) is 71.4 Å². The highest BCUT2D eigenvalue weighted by molar-refractivity contribution is 5.30. The molecule has 3 aliphatic carbocycles. The molecular weight excluding hydrogens is 374 g/mol. The van der Waals surface area contributed by atoms with E-state index in [0.717, 1.165) is 68.9 Å². The Labute approximate surface area is 182 Å². The van der Waals surface area contributed by atoms with Gasteiger partial charge in [-0.15, -0.1) is 0 Å². The second-order valence-electron chi connectivity index (χ2n) is 9.46. The van der Waals surface area contributed by atoms with Gasteiger partial charge in [0.15, 0.2) is 0 Å². The molecule has 0 radical (unpaired) electrons. The second-order valence-corrected chi connectivity index (χ2v) is 9.46. The number of halogens is 2. The molecule has 0 spiro atoms. The molecule has 0 aliphatic heterocycles. The molecule has 4 atom stereocenters. The predicted molar refractivity (Wildman–Crippen MR) is 124 cm³/mol. The summed E-state index contributed by atoms with van der Waals surface area (Å²) in [5.74, 6) is 1.39. The van der Waals surface area contributed by atoms with E-state index in [1.807, 2.05) is 0 Å². The fraction of sp³-hybridized carbons (Fsp3) is 0.571. The molecule has 3 rings (SSSR count). The molecule has 0 bridgehead atoms. The molecule has 0 aromatic carbocycles. The Morgan fingerprint density at radius 1 is 0.967 bits per heavy atom. The molecule has 2 heteroatoms. The van der Waals surface area contributed by atoms with Crippen molar-refractivity contribution < 1.29 is 8.78 Å². The third-order valence-corrected chi connectivity index (χ3v) is 7.10. The summed E-state index contributed by atoms with van der Waals surface area (Å²) in [5.41, 5.74) is 2.02. The van der Waals surface area contributed by atoms with Crippen molar-refractivity contribution in [3.05, 3.63) is 71.4 Å². The van der Waals surface area contributed by atoms with Crippen LogP contribution in [0.25, 0.3) is 0 Å². The fourth-order valence-electron chi connectivity index (χ4n) is 4.61. The smallest absolute Gasteiger partial charge is 0.122 e. The van der Waals surface area contributed by atoms with Crippen molar-refractivity contribution >= 4 is 0 Å². The van der Waals surface area contributed by atoms with Gasteiger partial charge in [-0.3, -0.25) is 0 Å². The van der Waals surface area contributed by atoms with Crippen LogP contribution in [0.2, 0.25) is 0 Å². The fourth-order valence-corrected chi connectivity index (χ4v) is 4.61. The second kappa shape index (κ2) is 11.6. The lowest BCUT2D eigenvalue weighted by atomic mass is 9.83. The van der Waals surface area contributed by atoms with Crippen molar-refractivity contribution in [2.24, 2.45) is 23.7 Å². The van der Waals surface area contributed by atoms with Gasteiger partial charge in [0.25, 0.3) is 0 Å². The highest BCUT2D eigenvalue weighted by Gasteiger charge is 2.22. The molecule has 0 nitrogen and oxygen atoms in total. The van der Waals surface area contributed by atoms with Crippen molar-refractivity contribution in [3.63, 3.8) is 0 Å². The third kappa shape index (κ3) is 6.93. The molecule has 3 aliphatic rings. The molecule has 0 saturated heterocycles. The van der Waals surface area contributed by atoms with Crippen molar-refractivity contribution in [2.75, 3.05) is 0 Å². The molecular formula is C28H38F2. The zero-order valence-corrected chi connectivity index (χ0v) is 18.8. The molecule has 0 fully saturated rings. The summed E-state index contributed by atoms with van der Waals surface area (Å²) >= 11 is 0. The first-order valence-electron chi connectivity index (χ1n) is 12.0. The van der Waals surface area contributed by atoms with E-state index in [9.17, 15) is 8.78 Å². The van der Waals surface area contributed by atoms with Crippen LogP contribution in [-0.2, 0) is 0 Å². The standard InChI is InChI=1S/C28H38F2/c1-3-21(2)9-10-23-12-16-26(27(29)19-23)18-14-24-13-17-25(28(30)20-24)15-11-22-7-5-4-6-8-22/h4-7,12,17,19-22,24,26H,3,8-11,13-16,18H2,1-2H3. The van der Waals surface area contributed by atoms with E-state index in [4.69, 9.17) is 0 Å². The minimum absolute atomic E-state index is 0.0228. The number of allylic oxidation sites excluding steroid dienone is 12. The van der Waals surface area contributed by atoms with Crippen LogP contribution in [0.1, 0.15) is 78.1 Å². The van der Waals surface area contributed by atoms with Crippen LogP contribution in [0.5, 0.6) is 0 Å². The lowest BCUT2D eigenvalue weighted by Gasteiger charge is -2.23. The van der Waals surface area contributed by atoms with E-state index in [1.165, 1.54) is 6.42 Å². The van der Waals surface area contributed by atoms with Crippen LogP contribution < -0.4 is 0 Å². The average Bonchev–Trinajstić information content (AvgIpc) is 2.76. The molecule has 0 heterocycles. The Balaban J connectivity index is 1.40. The van der Waals surface area contributed by atoms with Crippen molar-refractivity contribution in [2.45, 2.75) is 78.1 Å². The quantitative estimate of drug-likeness (QED) is 0.335. The molecule has 4 unspecified atom stereocenters. The number of hydrogen-bond acceptors (Lipinski definition) is 0. The Hall–Kier alpha value is -1.70. The average molecular weight is 413 g/mol. The minimum Gasteiger partial charge on any atom is -0.212 e. The summed E-state index contributed by atoms with van der Waals surface area (Å²) in [6, 6.07) is 0. The number of rotatable bonds is 10. The first-order valence-corrected chi connectivity index (χ1v) is 12.0. The molecule has 164 valence electrons. The van der Waals surface area contributed by atoms with E-state index >= 15 is 0 Å². The Kier molecular flexibility index (Phi) is 8.90. The minimum atomic E-state index is -0.0477. The van der Waals surface area contributed by atoms with Gasteiger partial charge < -0.3 is 0 Å². The summed E-state index contributed by atoms with van der Waals surface area (Å²) in [7, 11) is 0. The molecule has 0 aromatic rings. The summed E-state index contributed by atoms with van der Waals surface area (Å²) in [4.78, 5) is 0. The van der Waals surface area contributed by atoms with E-state index in [0.29, 0.717) is 11.8 Å². The largest absolute Gasteiger partial charge is 0.212 e.